The molecule has 0 bridgehead atoms. The standard InChI is InChI=1S/C23H21ClN4O2/c1-16(26-23(29)17-7-6-12-25-15-17)22-27-19-9-3-4-10-20(19)28(22)13-14-30-21-11-5-2-8-18(21)24/h2-12,15-16H,13-14H2,1H3,(H,26,29). The maximum atomic E-state index is 12.6. The average molecular weight is 421 g/mol. The maximum Gasteiger partial charge on any atom is 0.253 e. The van der Waals surface area contributed by atoms with Gasteiger partial charge in [0.25, 0.3) is 5.91 Å². The van der Waals surface area contributed by atoms with Crippen molar-refractivity contribution in [1.29, 1.82) is 0 Å². The molecule has 2 aromatic carbocycles. The molecule has 4 rings (SSSR count). The molecule has 1 unspecified atom stereocenters. The lowest BCUT2D eigenvalue weighted by Gasteiger charge is -2.17. The van der Waals surface area contributed by atoms with Gasteiger partial charge in [-0.15, -0.1) is 0 Å². The predicted octanol–water partition coefficient (Wildman–Crippen LogP) is 4.65. The molecule has 0 saturated carbocycles. The number of imidazole rings is 1. The zero-order valence-electron chi connectivity index (χ0n) is 16.5. The highest BCUT2D eigenvalue weighted by atomic mass is 35.5. The van der Waals surface area contributed by atoms with E-state index in [9.17, 15) is 4.79 Å². The lowest BCUT2D eigenvalue weighted by atomic mass is 10.2. The van der Waals surface area contributed by atoms with Crippen molar-refractivity contribution in [2.45, 2.75) is 19.5 Å². The summed E-state index contributed by atoms with van der Waals surface area (Å²) in [5, 5.41) is 3.58. The zero-order valence-corrected chi connectivity index (χ0v) is 17.2. The molecular weight excluding hydrogens is 400 g/mol. The number of hydrogen-bond donors (Lipinski definition) is 1. The normalized spacial score (nSPS) is 11.9. The third kappa shape index (κ3) is 4.28. The maximum absolute atomic E-state index is 12.6. The second-order valence-electron chi connectivity index (χ2n) is 6.83. The molecule has 0 aliphatic carbocycles. The number of benzene rings is 2. The van der Waals surface area contributed by atoms with Gasteiger partial charge in [0.2, 0.25) is 0 Å². The fourth-order valence-corrected chi connectivity index (χ4v) is 3.50. The molecule has 0 saturated heterocycles. The van der Waals surface area contributed by atoms with Gasteiger partial charge in [0.05, 0.1) is 34.2 Å². The van der Waals surface area contributed by atoms with E-state index in [0.29, 0.717) is 29.5 Å². The Bertz CT molecular complexity index is 1160. The number of aromatic nitrogens is 3. The SMILES string of the molecule is CC(NC(=O)c1cccnc1)c1nc2ccccc2n1CCOc1ccccc1Cl. The van der Waals surface area contributed by atoms with E-state index >= 15 is 0 Å². The van der Waals surface area contributed by atoms with Gasteiger partial charge in [-0.05, 0) is 43.3 Å². The van der Waals surface area contributed by atoms with Crippen molar-refractivity contribution in [2.75, 3.05) is 6.61 Å². The lowest BCUT2D eigenvalue weighted by molar-refractivity contribution is 0.0937. The molecule has 4 aromatic rings. The van der Waals surface area contributed by atoms with Gasteiger partial charge in [-0.3, -0.25) is 9.78 Å². The summed E-state index contributed by atoms with van der Waals surface area (Å²) in [5.41, 5.74) is 2.36. The second kappa shape index (κ2) is 8.97. The van der Waals surface area contributed by atoms with Crippen LogP contribution in [0.15, 0.2) is 73.1 Å². The fraction of sp³-hybridized carbons (Fsp3) is 0.174. The molecule has 0 aliphatic rings. The quantitative estimate of drug-likeness (QED) is 0.472. The van der Waals surface area contributed by atoms with Crippen LogP contribution in [-0.2, 0) is 6.54 Å². The molecule has 7 heteroatoms. The van der Waals surface area contributed by atoms with E-state index in [1.807, 2.05) is 49.4 Å². The number of pyridine rings is 1. The van der Waals surface area contributed by atoms with Gasteiger partial charge in [-0.25, -0.2) is 4.98 Å². The Balaban J connectivity index is 1.55. The van der Waals surface area contributed by atoms with Gasteiger partial charge in [-0.1, -0.05) is 35.9 Å². The topological polar surface area (TPSA) is 69.0 Å². The molecule has 2 aromatic heterocycles. The van der Waals surface area contributed by atoms with Crippen LogP contribution < -0.4 is 10.1 Å². The number of nitrogens with one attached hydrogen (secondary N) is 1. The molecule has 1 amide bonds. The van der Waals surface area contributed by atoms with E-state index in [0.717, 1.165) is 16.9 Å². The van der Waals surface area contributed by atoms with Gasteiger partial charge in [0, 0.05) is 12.4 Å². The van der Waals surface area contributed by atoms with Gasteiger partial charge in [0.1, 0.15) is 18.2 Å². The summed E-state index contributed by atoms with van der Waals surface area (Å²) in [6.07, 6.45) is 3.18. The van der Waals surface area contributed by atoms with E-state index in [2.05, 4.69) is 14.9 Å². The fourth-order valence-electron chi connectivity index (χ4n) is 3.31. The minimum absolute atomic E-state index is 0.193. The number of carbonyl (C=O) groups excluding carboxylic acids is 1. The number of hydrogen-bond acceptors (Lipinski definition) is 4. The van der Waals surface area contributed by atoms with Crippen molar-refractivity contribution in [3.63, 3.8) is 0 Å². The molecular formula is C23H21ClN4O2. The number of fused-ring (bicyclic) bond motifs is 1. The van der Waals surface area contributed by atoms with Crippen molar-refractivity contribution in [3.05, 3.63) is 89.5 Å². The molecule has 0 radical (unpaired) electrons. The van der Waals surface area contributed by atoms with Crippen LogP contribution in [0.2, 0.25) is 5.02 Å². The third-order valence-electron chi connectivity index (χ3n) is 4.75. The highest BCUT2D eigenvalue weighted by Crippen LogP contribution is 2.24. The molecule has 152 valence electrons. The molecule has 1 N–H and O–H groups in total. The molecule has 1 atom stereocenters. The van der Waals surface area contributed by atoms with Crippen LogP contribution in [0.1, 0.15) is 29.1 Å². The van der Waals surface area contributed by atoms with Crippen LogP contribution in [0.25, 0.3) is 11.0 Å². The second-order valence-corrected chi connectivity index (χ2v) is 7.23. The molecule has 0 fully saturated rings. The van der Waals surface area contributed by atoms with E-state index in [1.165, 1.54) is 0 Å². The summed E-state index contributed by atoms with van der Waals surface area (Å²) in [6.45, 7) is 2.90. The summed E-state index contributed by atoms with van der Waals surface area (Å²) in [5.74, 6) is 1.21. The smallest absolute Gasteiger partial charge is 0.253 e. The van der Waals surface area contributed by atoms with Crippen molar-refractivity contribution >= 4 is 28.5 Å². The van der Waals surface area contributed by atoms with E-state index in [4.69, 9.17) is 21.3 Å². The number of nitrogens with zero attached hydrogens (tertiary/aromatic N) is 3. The number of halogens is 1. The van der Waals surface area contributed by atoms with E-state index < -0.39 is 0 Å². The number of para-hydroxylation sites is 3. The van der Waals surface area contributed by atoms with Crippen molar-refractivity contribution < 1.29 is 9.53 Å². The van der Waals surface area contributed by atoms with Crippen LogP contribution in [-0.4, -0.2) is 27.0 Å². The van der Waals surface area contributed by atoms with E-state index in [1.54, 1.807) is 30.6 Å². The number of carbonyl (C=O) groups is 1. The first-order valence-corrected chi connectivity index (χ1v) is 10.0. The van der Waals surface area contributed by atoms with Gasteiger partial charge < -0.3 is 14.6 Å². The van der Waals surface area contributed by atoms with Crippen LogP contribution in [0.4, 0.5) is 0 Å². The lowest BCUT2D eigenvalue weighted by Crippen LogP contribution is -2.29. The summed E-state index contributed by atoms with van der Waals surface area (Å²) in [4.78, 5) is 21.3. The Morgan fingerprint density at radius 1 is 1.13 bits per heavy atom. The summed E-state index contributed by atoms with van der Waals surface area (Å²) < 4.78 is 7.94. The van der Waals surface area contributed by atoms with Crippen LogP contribution >= 0.6 is 11.6 Å². The molecule has 2 heterocycles. The third-order valence-corrected chi connectivity index (χ3v) is 5.06. The van der Waals surface area contributed by atoms with Gasteiger partial charge >= 0.3 is 0 Å². The Hall–Kier alpha value is -3.38. The minimum atomic E-state index is -0.301. The predicted molar refractivity (Wildman–Crippen MR) is 117 cm³/mol. The molecule has 0 aliphatic heterocycles. The van der Waals surface area contributed by atoms with Gasteiger partial charge in [0.15, 0.2) is 0 Å². The summed E-state index contributed by atoms with van der Waals surface area (Å²) in [6, 6.07) is 18.4. The summed E-state index contributed by atoms with van der Waals surface area (Å²) >= 11 is 6.18. The number of rotatable bonds is 7. The van der Waals surface area contributed by atoms with Crippen molar-refractivity contribution in [3.8, 4) is 5.75 Å². The Labute approximate surface area is 179 Å². The molecule has 0 spiro atoms. The average Bonchev–Trinajstić information content (AvgIpc) is 3.14. The van der Waals surface area contributed by atoms with Crippen LogP contribution in [0.5, 0.6) is 5.75 Å². The minimum Gasteiger partial charge on any atom is -0.490 e. The summed E-state index contributed by atoms with van der Waals surface area (Å²) in [7, 11) is 0. The number of ether oxygens (including phenoxy) is 1. The highest BCUT2D eigenvalue weighted by molar-refractivity contribution is 6.32. The van der Waals surface area contributed by atoms with Crippen molar-refractivity contribution in [2.24, 2.45) is 0 Å². The van der Waals surface area contributed by atoms with Crippen molar-refractivity contribution in [1.82, 2.24) is 19.9 Å². The van der Waals surface area contributed by atoms with Crippen LogP contribution in [0, 0.1) is 0 Å². The first-order valence-electron chi connectivity index (χ1n) is 9.67. The van der Waals surface area contributed by atoms with Gasteiger partial charge in [-0.2, -0.15) is 0 Å². The molecule has 6 nitrogen and oxygen atoms in total. The zero-order chi connectivity index (χ0) is 20.9. The first-order chi connectivity index (χ1) is 14.6. The molecule has 30 heavy (non-hydrogen) atoms. The van der Waals surface area contributed by atoms with E-state index in [-0.39, 0.29) is 11.9 Å². The Kier molecular flexibility index (Phi) is 5.95. The largest absolute Gasteiger partial charge is 0.490 e. The Morgan fingerprint density at radius 2 is 1.93 bits per heavy atom. The number of amides is 1. The first kappa shape index (κ1) is 19.9. The highest BCUT2D eigenvalue weighted by Gasteiger charge is 2.19. The van der Waals surface area contributed by atoms with Crippen LogP contribution in [0.3, 0.4) is 0 Å². The monoisotopic (exact) mass is 420 g/mol. The Morgan fingerprint density at radius 3 is 2.73 bits per heavy atom.